The standard InChI is InChI=1S/C13H13ClN2O3/c1-18-6-7-19-16-13(17)11-8-15-12(14)10-5-3-2-4-9(10)11/h2-5,8H,6-7H2,1H3,(H,16,17). The fourth-order valence-corrected chi connectivity index (χ4v) is 1.85. The van der Waals surface area contributed by atoms with Crippen LogP contribution in [0.3, 0.4) is 0 Å². The molecule has 0 fully saturated rings. The van der Waals surface area contributed by atoms with E-state index in [-0.39, 0.29) is 12.5 Å². The van der Waals surface area contributed by atoms with Crippen LogP contribution in [0.15, 0.2) is 30.5 Å². The third-order valence-electron chi connectivity index (χ3n) is 2.55. The van der Waals surface area contributed by atoms with Crippen molar-refractivity contribution in [2.24, 2.45) is 0 Å². The van der Waals surface area contributed by atoms with E-state index in [0.29, 0.717) is 17.3 Å². The first-order chi connectivity index (χ1) is 9.24. The van der Waals surface area contributed by atoms with Crippen molar-refractivity contribution in [3.05, 3.63) is 41.2 Å². The van der Waals surface area contributed by atoms with Crippen LogP contribution in [0.5, 0.6) is 0 Å². The molecule has 1 heterocycles. The lowest BCUT2D eigenvalue weighted by atomic mass is 10.1. The van der Waals surface area contributed by atoms with Gasteiger partial charge in [-0.2, -0.15) is 0 Å². The molecule has 2 rings (SSSR count). The van der Waals surface area contributed by atoms with Crippen LogP contribution in [-0.2, 0) is 9.57 Å². The Morgan fingerprint density at radius 3 is 2.79 bits per heavy atom. The fraction of sp³-hybridized carbons (Fsp3) is 0.231. The molecular weight excluding hydrogens is 268 g/mol. The number of hydrogen-bond acceptors (Lipinski definition) is 4. The van der Waals surface area contributed by atoms with E-state index in [1.807, 2.05) is 24.3 Å². The first-order valence-electron chi connectivity index (χ1n) is 5.68. The van der Waals surface area contributed by atoms with Crippen LogP contribution in [0.1, 0.15) is 10.4 Å². The van der Waals surface area contributed by atoms with Crippen molar-refractivity contribution in [3.8, 4) is 0 Å². The van der Waals surface area contributed by atoms with Gasteiger partial charge in [0.25, 0.3) is 5.91 Å². The van der Waals surface area contributed by atoms with Gasteiger partial charge < -0.3 is 4.74 Å². The summed E-state index contributed by atoms with van der Waals surface area (Å²) in [5.74, 6) is -0.364. The fourth-order valence-electron chi connectivity index (χ4n) is 1.64. The maximum Gasteiger partial charge on any atom is 0.277 e. The van der Waals surface area contributed by atoms with Gasteiger partial charge in [0.05, 0.1) is 18.8 Å². The maximum absolute atomic E-state index is 12.0. The Balaban J connectivity index is 2.20. The largest absolute Gasteiger partial charge is 0.382 e. The molecule has 2 aromatic rings. The highest BCUT2D eigenvalue weighted by molar-refractivity contribution is 6.34. The van der Waals surface area contributed by atoms with E-state index < -0.39 is 0 Å². The van der Waals surface area contributed by atoms with Crippen LogP contribution >= 0.6 is 11.6 Å². The molecule has 19 heavy (non-hydrogen) atoms. The number of aromatic nitrogens is 1. The van der Waals surface area contributed by atoms with Gasteiger partial charge in [-0.25, -0.2) is 10.5 Å². The number of halogens is 1. The Bertz CT molecular complexity index is 589. The van der Waals surface area contributed by atoms with E-state index in [1.165, 1.54) is 6.20 Å². The number of nitrogens with zero attached hydrogens (tertiary/aromatic N) is 1. The average molecular weight is 281 g/mol. The summed E-state index contributed by atoms with van der Waals surface area (Å²) in [6, 6.07) is 7.30. The van der Waals surface area contributed by atoms with Gasteiger partial charge in [-0.15, -0.1) is 0 Å². The molecule has 0 unspecified atom stereocenters. The first kappa shape index (κ1) is 13.7. The zero-order valence-electron chi connectivity index (χ0n) is 10.4. The number of nitrogens with one attached hydrogen (secondary N) is 1. The predicted molar refractivity (Wildman–Crippen MR) is 72.0 cm³/mol. The van der Waals surface area contributed by atoms with E-state index in [9.17, 15) is 4.79 Å². The summed E-state index contributed by atoms with van der Waals surface area (Å²) in [5, 5.41) is 1.83. The smallest absolute Gasteiger partial charge is 0.277 e. The van der Waals surface area contributed by atoms with Crippen molar-refractivity contribution < 1.29 is 14.4 Å². The molecule has 0 saturated heterocycles. The molecule has 0 saturated carbocycles. The van der Waals surface area contributed by atoms with Gasteiger partial charge >= 0.3 is 0 Å². The van der Waals surface area contributed by atoms with E-state index in [2.05, 4.69) is 10.5 Å². The van der Waals surface area contributed by atoms with Gasteiger partial charge in [-0.05, 0) is 5.39 Å². The van der Waals surface area contributed by atoms with E-state index in [1.54, 1.807) is 7.11 Å². The van der Waals surface area contributed by atoms with Crippen molar-refractivity contribution >= 4 is 28.3 Å². The molecule has 1 aromatic heterocycles. The molecule has 1 amide bonds. The summed E-state index contributed by atoms with van der Waals surface area (Å²) in [6.07, 6.45) is 1.43. The maximum atomic E-state index is 12.0. The van der Waals surface area contributed by atoms with Crippen molar-refractivity contribution in [1.29, 1.82) is 0 Å². The minimum atomic E-state index is -0.364. The summed E-state index contributed by atoms with van der Waals surface area (Å²) in [4.78, 5) is 21.0. The molecule has 100 valence electrons. The number of hydrogen-bond donors (Lipinski definition) is 1. The zero-order chi connectivity index (χ0) is 13.7. The number of amides is 1. The molecule has 0 aliphatic heterocycles. The number of pyridine rings is 1. The van der Waals surface area contributed by atoms with Crippen LogP contribution in [0, 0.1) is 0 Å². The summed E-state index contributed by atoms with van der Waals surface area (Å²) in [6.45, 7) is 0.682. The lowest BCUT2D eigenvalue weighted by Crippen LogP contribution is -2.25. The lowest BCUT2D eigenvalue weighted by molar-refractivity contribution is 0.00897. The SMILES string of the molecule is COCCONC(=O)c1cnc(Cl)c2ccccc12. The van der Waals surface area contributed by atoms with Crippen molar-refractivity contribution in [3.63, 3.8) is 0 Å². The van der Waals surface area contributed by atoms with Gasteiger partial charge in [0.2, 0.25) is 0 Å². The van der Waals surface area contributed by atoms with Gasteiger partial charge in [-0.1, -0.05) is 35.9 Å². The average Bonchev–Trinajstić information content (AvgIpc) is 2.44. The molecule has 0 aliphatic rings. The van der Waals surface area contributed by atoms with Crippen molar-refractivity contribution in [2.75, 3.05) is 20.3 Å². The molecule has 0 spiro atoms. The number of fused-ring (bicyclic) bond motifs is 1. The second-order valence-corrected chi connectivity index (χ2v) is 4.14. The zero-order valence-corrected chi connectivity index (χ0v) is 11.1. The second kappa shape index (κ2) is 6.47. The van der Waals surface area contributed by atoms with E-state index in [4.69, 9.17) is 21.2 Å². The molecule has 5 nitrogen and oxygen atoms in total. The molecular formula is C13H13ClN2O3. The van der Waals surface area contributed by atoms with E-state index >= 15 is 0 Å². The number of carbonyl (C=O) groups is 1. The molecule has 1 aromatic carbocycles. The Morgan fingerprint density at radius 2 is 2.05 bits per heavy atom. The molecule has 0 bridgehead atoms. The van der Waals surface area contributed by atoms with Crippen LogP contribution in [0.4, 0.5) is 0 Å². The van der Waals surface area contributed by atoms with Gasteiger partial charge in [0.1, 0.15) is 5.15 Å². The number of ether oxygens (including phenoxy) is 1. The summed E-state index contributed by atoms with van der Waals surface area (Å²) in [7, 11) is 1.56. The predicted octanol–water partition coefficient (Wildman–Crippen LogP) is 2.20. The summed E-state index contributed by atoms with van der Waals surface area (Å²) < 4.78 is 4.81. The number of benzene rings is 1. The monoisotopic (exact) mass is 280 g/mol. The Kier molecular flexibility index (Phi) is 4.68. The number of carbonyl (C=O) groups excluding carboxylic acids is 1. The van der Waals surface area contributed by atoms with Crippen LogP contribution in [0.2, 0.25) is 5.15 Å². The summed E-state index contributed by atoms with van der Waals surface area (Å²) in [5.41, 5.74) is 2.76. The van der Waals surface area contributed by atoms with Gasteiger partial charge in [-0.3, -0.25) is 9.63 Å². The molecule has 0 radical (unpaired) electrons. The Hall–Kier alpha value is -1.69. The van der Waals surface area contributed by atoms with Crippen molar-refractivity contribution in [1.82, 2.24) is 10.5 Å². The Labute approximate surface area is 115 Å². The highest BCUT2D eigenvalue weighted by Gasteiger charge is 2.12. The van der Waals surface area contributed by atoms with E-state index in [0.717, 1.165) is 10.8 Å². The molecule has 1 N–H and O–H groups in total. The second-order valence-electron chi connectivity index (χ2n) is 3.78. The van der Waals surface area contributed by atoms with Crippen LogP contribution in [0.25, 0.3) is 10.8 Å². The van der Waals surface area contributed by atoms with Gasteiger partial charge in [0.15, 0.2) is 0 Å². The summed E-state index contributed by atoms with van der Waals surface area (Å²) >= 11 is 5.99. The van der Waals surface area contributed by atoms with Crippen molar-refractivity contribution in [2.45, 2.75) is 0 Å². The molecule has 0 aliphatic carbocycles. The molecule has 6 heteroatoms. The molecule has 0 atom stereocenters. The van der Waals surface area contributed by atoms with Crippen LogP contribution in [-0.4, -0.2) is 31.2 Å². The number of hydroxylamine groups is 1. The lowest BCUT2D eigenvalue weighted by Gasteiger charge is -2.08. The third-order valence-corrected chi connectivity index (χ3v) is 2.85. The third kappa shape index (κ3) is 3.20. The quantitative estimate of drug-likeness (QED) is 0.518. The van der Waals surface area contributed by atoms with Crippen LogP contribution < -0.4 is 5.48 Å². The topological polar surface area (TPSA) is 60.5 Å². The Morgan fingerprint density at radius 1 is 1.32 bits per heavy atom. The highest BCUT2D eigenvalue weighted by atomic mass is 35.5. The van der Waals surface area contributed by atoms with Gasteiger partial charge in [0, 0.05) is 18.7 Å². The first-order valence-corrected chi connectivity index (χ1v) is 6.06. The number of rotatable bonds is 5. The minimum absolute atomic E-state index is 0.279. The normalized spacial score (nSPS) is 10.6. The minimum Gasteiger partial charge on any atom is -0.382 e. The number of methoxy groups -OCH3 is 1. The highest BCUT2D eigenvalue weighted by Crippen LogP contribution is 2.23.